The first-order valence-electron chi connectivity index (χ1n) is 13.9. The molecule has 190 valence electrons. The first-order chi connectivity index (χ1) is 17.0. The largest absolute Gasteiger partial charge is 0.342 e. The standard InChI is InChI=1S/C29H41N3O3/c1-20(33)28(21-7-3-2-4-8-21)30-29(35)23-10-5-9-22(17-23)24-11-6-16-31(18-24)27(34)19-32(25-12-13-25)26-14-15-26/h5,9-10,17,21,24-26,28H,2-4,6-8,11-16,18-19H2,1H3,(H,30,35)/t24?,28-/m0/s1. The number of carbonyl (C=O) groups excluding carboxylic acids is 3. The van der Waals surface area contributed by atoms with Crippen LogP contribution in [0.2, 0.25) is 0 Å². The van der Waals surface area contributed by atoms with E-state index in [-0.39, 0.29) is 29.4 Å². The molecule has 6 heteroatoms. The van der Waals surface area contributed by atoms with Crippen molar-refractivity contribution in [3.63, 3.8) is 0 Å². The van der Waals surface area contributed by atoms with Crippen LogP contribution in [0.15, 0.2) is 24.3 Å². The third-order valence-electron chi connectivity index (χ3n) is 8.59. The summed E-state index contributed by atoms with van der Waals surface area (Å²) in [6, 6.07) is 8.72. The van der Waals surface area contributed by atoms with Gasteiger partial charge in [-0.05, 0) is 81.9 Å². The van der Waals surface area contributed by atoms with Gasteiger partial charge in [-0.15, -0.1) is 0 Å². The molecule has 1 aliphatic heterocycles. The number of amides is 2. The minimum atomic E-state index is -0.393. The number of hydrogen-bond donors (Lipinski definition) is 1. The van der Waals surface area contributed by atoms with Crippen LogP contribution in [-0.2, 0) is 9.59 Å². The molecule has 1 aromatic rings. The maximum absolute atomic E-state index is 13.1. The number of nitrogens with zero attached hydrogens (tertiary/aromatic N) is 2. The minimum Gasteiger partial charge on any atom is -0.342 e. The molecule has 4 fully saturated rings. The fourth-order valence-corrected chi connectivity index (χ4v) is 6.28. The molecule has 1 saturated heterocycles. The second-order valence-corrected chi connectivity index (χ2v) is 11.4. The topological polar surface area (TPSA) is 69.7 Å². The fraction of sp³-hybridized carbons (Fsp3) is 0.690. The van der Waals surface area contributed by atoms with Gasteiger partial charge in [-0.1, -0.05) is 31.4 Å². The van der Waals surface area contributed by atoms with Crippen LogP contribution in [0.25, 0.3) is 0 Å². The predicted octanol–water partition coefficient (Wildman–Crippen LogP) is 4.29. The number of ketones is 1. The van der Waals surface area contributed by atoms with Crippen molar-refractivity contribution in [1.29, 1.82) is 0 Å². The van der Waals surface area contributed by atoms with Crippen molar-refractivity contribution in [2.45, 2.75) is 102 Å². The lowest BCUT2D eigenvalue weighted by Gasteiger charge is -2.35. The second kappa shape index (κ2) is 10.8. The average molecular weight is 480 g/mol. The SMILES string of the molecule is CC(=O)[C@H](NC(=O)c1cccc(C2CCCN(C(=O)CN(C3CC3)C3CC3)C2)c1)C1CCCCC1. The number of piperidine rings is 1. The highest BCUT2D eigenvalue weighted by atomic mass is 16.2. The summed E-state index contributed by atoms with van der Waals surface area (Å²) >= 11 is 0. The Bertz CT molecular complexity index is 921. The Balaban J connectivity index is 1.21. The van der Waals surface area contributed by atoms with Crippen LogP contribution in [0.1, 0.15) is 99.4 Å². The monoisotopic (exact) mass is 479 g/mol. The normalized spacial score (nSPS) is 24.3. The van der Waals surface area contributed by atoms with Gasteiger partial charge in [0.1, 0.15) is 0 Å². The van der Waals surface area contributed by atoms with E-state index in [9.17, 15) is 14.4 Å². The third-order valence-corrected chi connectivity index (χ3v) is 8.59. The molecular weight excluding hydrogens is 438 g/mol. The van der Waals surface area contributed by atoms with Crippen molar-refractivity contribution in [2.75, 3.05) is 19.6 Å². The van der Waals surface area contributed by atoms with Gasteiger partial charge in [-0.2, -0.15) is 0 Å². The van der Waals surface area contributed by atoms with E-state index in [1.165, 1.54) is 32.1 Å². The molecule has 0 spiro atoms. The minimum absolute atomic E-state index is 0.0503. The van der Waals surface area contributed by atoms with Crippen LogP contribution in [0, 0.1) is 5.92 Å². The zero-order valence-electron chi connectivity index (χ0n) is 21.2. The van der Waals surface area contributed by atoms with Gasteiger partial charge in [-0.3, -0.25) is 19.3 Å². The third kappa shape index (κ3) is 6.14. The molecule has 0 radical (unpaired) electrons. The van der Waals surface area contributed by atoms with Crippen LogP contribution in [0.5, 0.6) is 0 Å². The van der Waals surface area contributed by atoms with Crippen molar-refractivity contribution in [3.05, 3.63) is 35.4 Å². The number of rotatable bonds is 9. The smallest absolute Gasteiger partial charge is 0.251 e. The summed E-state index contributed by atoms with van der Waals surface area (Å²) in [7, 11) is 0. The summed E-state index contributed by atoms with van der Waals surface area (Å²) in [4.78, 5) is 43.1. The highest BCUT2D eigenvalue weighted by Crippen LogP contribution is 2.37. The molecule has 2 amide bonds. The number of likely N-dealkylation sites (tertiary alicyclic amines) is 1. The second-order valence-electron chi connectivity index (χ2n) is 11.4. The van der Waals surface area contributed by atoms with Crippen molar-refractivity contribution in [2.24, 2.45) is 5.92 Å². The number of benzene rings is 1. The van der Waals surface area contributed by atoms with Crippen LogP contribution >= 0.6 is 0 Å². The van der Waals surface area contributed by atoms with E-state index >= 15 is 0 Å². The zero-order chi connectivity index (χ0) is 24.4. The Morgan fingerprint density at radius 1 is 0.971 bits per heavy atom. The van der Waals surface area contributed by atoms with Crippen LogP contribution < -0.4 is 5.32 Å². The average Bonchev–Trinajstić information content (AvgIpc) is 3.80. The van der Waals surface area contributed by atoms with Gasteiger partial charge in [0.05, 0.1) is 12.6 Å². The Morgan fingerprint density at radius 2 is 1.69 bits per heavy atom. The van der Waals surface area contributed by atoms with Gasteiger partial charge in [-0.25, -0.2) is 0 Å². The maximum atomic E-state index is 13.1. The predicted molar refractivity (Wildman–Crippen MR) is 136 cm³/mol. The number of hydrogen-bond acceptors (Lipinski definition) is 4. The van der Waals surface area contributed by atoms with Crippen LogP contribution in [0.3, 0.4) is 0 Å². The number of carbonyl (C=O) groups is 3. The van der Waals surface area contributed by atoms with Crippen molar-refractivity contribution >= 4 is 17.6 Å². The first kappa shape index (κ1) is 24.5. The quantitative estimate of drug-likeness (QED) is 0.574. The number of nitrogens with one attached hydrogen (secondary N) is 1. The lowest BCUT2D eigenvalue weighted by molar-refractivity contribution is -0.134. The van der Waals surface area contributed by atoms with Crippen LogP contribution in [0.4, 0.5) is 0 Å². The molecule has 1 unspecified atom stereocenters. The summed E-state index contributed by atoms with van der Waals surface area (Å²) < 4.78 is 0. The molecule has 2 atom stereocenters. The Labute approximate surface area is 209 Å². The van der Waals surface area contributed by atoms with Crippen molar-refractivity contribution in [3.8, 4) is 0 Å². The van der Waals surface area contributed by atoms with E-state index in [0.29, 0.717) is 24.2 Å². The maximum Gasteiger partial charge on any atom is 0.251 e. The molecule has 5 rings (SSSR count). The van der Waals surface area contributed by atoms with E-state index in [1.807, 2.05) is 23.1 Å². The van der Waals surface area contributed by atoms with Gasteiger partial charge in [0, 0.05) is 36.7 Å². The molecule has 4 aliphatic rings. The van der Waals surface area contributed by atoms with E-state index in [0.717, 1.165) is 57.2 Å². The van der Waals surface area contributed by atoms with E-state index in [1.54, 1.807) is 6.92 Å². The summed E-state index contributed by atoms with van der Waals surface area (Å²) in [5, 5.41) is 3.06. The summed E-state index contributed by atoms with van der Waals surface area (Å²) in [6.45, 7) is 3.72. The fourth-order valence-electron chi connectivity index (χ4n) is 6.28. The number of Topliss-reactive ketones (excluding diaryl/α,β-unsaturated/α-hetero) is 1. The highest BCUT2D eigenvalue weighted by Gasteiger charge is 2.40. The van der Waals surface area contributed by atoms with Crippen molar-refractivity contribution < 1.29 is 14.4 Å². The highest BCUT2D eigenvalue weighted by molar-refractivity contribution is 5.97. The Morgan fingerprint density at radius 3 is 2.34 bits per heavy atom. The molecular formula is C29H41N3O3. The first-order valence-corrected chi connectivity index (χ1v) is 13.9. The van der Waals surface area contributed by atoms with Crippen molar-refractivity contribution in [1.82, 2.24) is 15.1 Å². The van der Waals surface area contributed by atoms with Crippen LogP contribution in [-0.4, -0.2) is 65.2 Å². The molecule has 0 aromatic heterocycles. The molecule has 1 N–H and O–H groups in total. The molecule has 0 bridgehead atoms. The molecule has 1 heterocycles. The molecule has 3 saturated carbocycles. The molecule has 1 aromatic carbocycles. The van der Waals surface area contributed by atoms with Gasteiger partial charge >= 0.3 is 0 Å². The van der Waals surface area contributed by atoms with Gasteiger partial charge in [0.15, 0.2) is 5.78 Å². The van der Waals surface area contributed by atoms with Gasteiger partial charge in [0.2, 0.25) is 5.91 Å². The lowest BCUT2D eigenvalue weighted by atomic mass is 9.82. The van der Waals surface area contributed by atoms with Gasteiger partial charge < -0.3 is 10.2 Å². The van der Waals surface area contributed by atoms with E-state index in [4.69, 9.17) is 0 Å². The summed E-state index contributed by atoms with van der Waals surface area (Å²) in [6.07, 6.45) is 12.5. The Kier molecular flexibility index (Phi) is 7.56. The molecule has 6 nitrogen and oxygen atoms in total. The zero-order valence-corrected chi connectivity index (χ0v) is 21.2. The molecule has 3 aliphatic carbocycles. The summed E-state index contributed by atoms with van der Waals surface area (Å²) in [5.41, 5.74) is 1.73. The molecule has 35 heavy (non-hydrogen) atoms. The lowest BCUT2D eigenvalue weighted by Crippen LogP contribution is -2.46. The van der Waals surface area contributed by atoms with E-state index in [2.05, 4.69) is 16.3 Å². The van der Waals surface area contributed by atoms with E-state index < -0.39 is 6.04 Å². The Hall–Kier alpha value is -2.21. The summed E-state index contributed by atoms with van der Waals surface area (Å²) in [5.74, 6) is 0.647. The van der Waals surface area contributed by atoms with Gasteiger partial charge in [0.25, 0.3) is 5.91 Å².